The van der Waals surface area contributed by atoms with Crippen molar-refractivity contribution in [1.29, 1.82) is 0 Å². The molecule has 3 rings (SSSR count). The molecule has 1 aliphatic rings. The van der Waals surface area contributed by atoms with Gasteiger partial charge >= 0.3 is 6.03 Å². The second kappa shape index (κ2) is 6.31. The Morgan fingerprint density at radius 1 is 1.43 bits per heavy atom. The molecule has 0 spiro atoms. The van der Waals surface area contributed by atoms with Crippen LogP contribution >= 0.6 is 11.3 Å². The lowest BCUT2D eigenvalue weighted by atomic mass is 10.1. The fraction of sp³-hybridized carbons (Fsp3) is 0.562. The number of carbonyl (C=O) groups excluding carboxylic acids is 1. The highest BCUT2D eigenvalue weighted by molar-refractivity contribution is 7.11. The van der Waals surface area contributed by atoms with E-state index in [2.05, 4.69) is 25.2 Å². The summed E-state index contributed by atoms with van der Waals surface area (Å²) in [7, 11) is 0. The molecule has 0 saturated heterocycles. The van der Waals surface area contributed by atoms with Gasteiger partial charge in [0.1, 0.15) is 5.01 Å². The third-order valence-corrected chi connectivity index (χ3v) is 5.52. The van der Waals surface area contributed by atoms with Gasteiger partial charge in [-0.1, -0.05) is 0 Å². The van der Waals surface area contributed by atoms with Crippen molar-refractivity contribution in [2.75, 3.05) is 0 Å². The Morgan fingerprint density at radius 2 is 2.26 bits per heavy atom. The van der Waals surface area contributed by atoms with Gasteiger partial charge in [-0.25, -0.2) is 14.8 Å². The lowest BCUT2D eigenvalue weighted by Gasteiger charge is -2.27. The average Bonchev–Trinajstić information content (AvgIpc) is 3.17. The highest BCUT2D eigenvalue weighted by Crippen LogP contribution is 2.30. The van der Waals surface area contributed by atoms with Gasteiger partial charge in [-0.2, -0.15) is 0 Å². The Morgan fingerprint density at radius 3 is 2.91 bits per heavy atom. The van der Waals surface area contributed by atoms with E-state index >= 15 is 0 Å². The summed E-state index contributed by atoms with van der Waals surface area (Å²) in [5.74, 6) is 0. The molecule has 0 bridgehead atoms. The van der Waals surface area contributed by atoms with E-state index in [-0.39, 0.29) is 18.1 Å². The van der Waals surface area contributed by atoms with Gasteiger partial charge in [-0.05, 0) is 40.0 Å². The molecule has 0 unspecified atom stereocenters. The summed E-state index contributed by atoms with van der Waals surface area (Å²) < 4.78 is 2.09. The number of carbonyl (C=O) groups is 1. The van der Waals surface area contributed by atoms with Gasteiger partial charge < -0.3 is 15.2 Å². The van der Waals surface area contributed by atoms with Gasteiger partial charge in [0.2, 0.25) is 0 Å². The van der Waals surface area contributed by atoms with Crippen molar-refractivity contribution in [3.05, 3.63) is 34.8 Å². The first-order chi connectivity index (χ1) is 11.0. The number of urea groups is 1. The monoisotopic (exact) mass is 333 g/mol. The number of hydrogen-bond donors (Lipinski definition) is 2. The molecule has 2 N–H and O–H groups in total. The molecular formula is C16H23N5OS. The van der Waals surface area contributed by atoms with Crippen molar-refractivity contribution in [2.24, 2.45) is 0 Å². The van der Waals surface area contributed by atoms with E-state index in [0.717, 1.165) is 29.1 Å². The van der Waals surface area contributed by atoms with Crippen molar-refractivity contribution in [2.45, 2.75) is 57.7 Å². The molecule has 23 heavy (non-hydrogen) atoms. The number of nitrogens with one attached hydrogen (secondary N) is 2. The number of rotatable bonds is 4. The summed E-state index contributed by atoms with van der Waals surface area (Å²) in [6, 6.07) is 0.284. The summed E-state index contributed by atoms with van der Waals surface area (Å²) in [5, 5.41) is 7.10. The van der Waals surface area contributed by atoms with Crippen LogP contribution in [0.3, 0.4) is 0 Å². The van der Waals surface area contributed by atoms with Gasteiger partial charge in [-0.15, -0.1) is 11.3 Å². The lowest BCUT2D eigenvalue weighted by molar-refractivity contribution is 0.222. The molecule has 2 aromatic heterocycles. The highest BCUT2D eigenvalue weighted by atomic mass is 32.1. The van der Waals surface area contributed by atoms with Crippen molar-refractivity contribution in [3.63, 3.8) is 0 Å². The highest BCUT2D eigenvalue weighted by Gasteiger charge is 2.32. The SMILES string of the molecule is Cc1cnc(C(C)(C)NC(=O)N[C@H]2CCC[C@H]2n2ccnc2)s1. The van der Waals surface area contributed by atoms with Crippen LogP contribution in [0.2, 0.25) is 0 Å². The number of thiazole rings is 1. The second-order valence-electron chi connectivity index (χ2n) is 6.61. The summed E-state index contributed by atoms with van der Waals surface area (Å²) in [6.45, 7) is 5.98. The minimum absolute atomic E-state index is 0.137. The topological polar surface area (TPSA) is 71.8 Å². The summed E-state index contributed by atoms with van der Waals surface area (Å²) >= 11 is 1.61. The summed E-state index contributed by atoms with van der Waals surface area (Å²) in [4.78, 5) is 22.1. The van der Waals surface area contributed by atoms with Crippen LogP contribution in [0.25, 0.3) is 0 Å². The molecule has 1 saturated carbocycles. The first kappa shape index (κ1) is 16.0. The number of aryl methyl sites for hydroxylation is 1. The minimum atomic E-state index is -0.480. The van der Waals surface area contributed by atoms with Gasteiger partial charge in [0.15, 0.2) is 0 Å². The molecule has 124 valence electrons. The minimum Gasteiger partial charge on any atom is -0.333 e. The van der Waals surface area contributed by atoms with E-state index in [1.54, 1.807) is 17.5 Å². The molecule has 0 aliphatic heterocycles. The maximum atomic E-state index is 12.4. The predicted octanol–water partition coefficient (Wildman–Crippen LogP) is 2.98. The van der Waals surface area contributed by atoms with Crippen LogP contribution in [0, 0.1) is 6.92 Å². The van der Waals surface area contributed by atoms with Crippen LogP contribution in [0.1, 0.15) is 49.0 Å². The fourth-order valence-electron chi connectivity index (χ4n) is 3.12. The number of hydrogen-bond acceptors (Lipinski definition) is 4. The van der Waals surface area contributed by atoms with Crippen LogP contribution in [0.15, 0.2) is 24.9 Å². The number of amides is 2. The lowest BCUT2D eigenvalue weighted by Crippen LogP contribution is -2.50. The van der Waals surface area contributed by atoms with Crippen molar-refractivity contribution < 1.29 is 4.79 Å². The standard InChI is InChI=1S/C16H23N5OS/c1-11-9-18-14(23-11)16(2,3)20-15(22)19-12-5-4-6-13(12)21-8-7-17-10-21/h7-10,12-13H,4-6H2,1-3H3,(H2,19,20,22)/t12-,13+/m0/s1. The second-order valence-corrected chi connectivity index (χ2v) is 7.85. The number of imidazole rings is 1. The Bertz CT molecular complexity index is 664. The van der Waals surface area contributed by atoms with E-state index in [4.69, 9.17) is 0 Å². The molecule has 1 fully saturated rings. The Labute approximate surface area is 140 Å². The van der Waals surface area contributed by atoms with E-state index in [0.29, 0.717) is 0 Å². The molecular weight excluding hydrogens is 310 g/mol. The fourth-order valence-corrected chi connectivity index (χ4v) is 3.94. The third-order valence-electron chi connectivity index (χ3n) is 4.29. The van der Waals surface area contributed by atoms with Crippen molar-refractivity contribution >= 4 is 17.4 Å². The van der Waals surface area contributed by atoms with E-state index in [1.165, 1.54) is 0 Å². The van der Waals surface area contributed by atoms with Crippen molar-refractivity contribution in [1.82, 2.24) is 25.2 Å². The molecule has 6 nitrogen and oxygen atoms in total. The Hall–Kier alpha value is -1.89. The Kier molecular flexibility index (Phi) is 4.39. The van der Waals surface area contributed by atoms with Crippen molar-refractivity contribution in [3.8, 4) is 0 Å². The molecule has 7 heteroatoms. The number of nitrogens with zero attached hydrogens (tertiary/aromatic N) is 3. The molecule has 2 atom stereocenters. The quantitative estimate of drug-likeness (QED) is 0.903. The molecule has 2 amide bonds. The van der Waals surface area contributed by atoms with Crippen LogP contribution in [-0.2, 0) is 5.54 Å². The first-order valence-electron chi connectivity index (χ1n) is 7.95. The summed E-state index contributed by atoms with van der Waals surface area (Å²) in [5.41, 5.74) is -0.480. The molecule has 2 heterocycles. The smallest absolute Gasteiger partial charge is 0.315 e. The first-order valence-corrected chi connectivity index (χ1v) is 8.76. The van der Waals surface area contributed by atoms with Crippen LogP contribution < -0.4 is 10.6 Å². The third kappa shape index (κ3) is 3.55. The largest absolute Gasteiger partial charge is 0.333 e. The Balaban J connectivity index is 1.62. The van der Waals surface area contributed by atoms with Crippen LogP contribution in [0.5, 0.6) is 0 Å². The van der Waals surface area contributed by atoms with Gasteiger partial charge in [0, 0.05) is 23.5 Å². The molecule has 0 radical (unpaired) electrons. The maximum Gasteiger partial charge on any atom is 0.315 e. The number of aromatic nitrogens is 3. The van der Waals surface area contributed by atoms with Gasteiger partial charge in [0.05, 0.1) is 23.9 Å². The average molecular weight is 333 g/mol. The predicted molar refractivity (Wildman–Crippen MR) is 90.4 cm³/mol. The molecule has 2 aromatic rings. The van der Waals surface area contributed by atoms with E-state index < -0.39 is 5.54 Å². The summed E-state index contributed by atoms with van der Waals surface area (Å²) in [6.07, 6.45) is 10.6. The molecule has 1 aliphatic carbocycles. The maximum absolute atomic E-state index is 12.4. The van der Waals surface area contributed by atoms with Crippen LogP contribution in [0.4, 0.5) is 4.79 Å². The zero-order valence-electron chi connectivity index (χ0n) is 13.7. The molecule has 0 aromatic carbocycles. The van der Waals surface area contributed by atoms with Gasteiger partial charge in [-0.3, -0.25) is 0 Å². The zero-order chi connectivity index (χ0) is 16.4. The van der Waals surface area contributed by atoms with E-state index in [9.17, 15) is 4.79 Å². The van der Waals surface area contributed by atoms with E-state index in [1.807, 2.05) is 39.5 Å². The normalized spacial score (nSPS) is 21.3. The van der Waals surface area contributed by atoms with Crippen LogP contribution in [-0.4, -0.2) is 26.6 Å². The van der Waals surface area contributed by atoms with Gasteiger partial charge in [0.25, 0.3) is 0 Å². The zero-order valence-corrected chi connectivity index (χ0v) is 14.6.